The molecule has 1 aliphatic heterocycles. The molecular weight excluding hydrogens is 455 g/mol. The van der Waals surface area contributed by atoms with Gasteiger partial charge in [0.1, 0.15) is 5.75 Å². The summed E-state index contributed by atoms with van der Waals surface area (Å²) in [6, 6.07) is 23.0. The number of alkyl halides is 3. The van der Waals surface area contributed by atoms with Crippen LogP contribution < -0.4 is 15.0 Å². The second-order valence-corrected chi connectivity index (χ2v) is 8.40. The van der Waals surface area contributed by atoms with Gasteiger partial charge in [-0.3, -0.25) is 4.90 Å². The highest BCUT2D eigenvalue weighted by Gasteiger charge is 2.35. The van der Waals surface area contributed by atoms with Gasteiger partial charge in [-0.1, -0.05) is 54.6 Å². The molecule has 0 atom stereocenters. The second-order valence-electron chi connectivity index (χ2n) is 8.40. The average Bonchev–Trinajstić information content (AvgIpc) is 2.87. The Kier molecular flexibility index (Phi) is 7.92. The summed E-state index contributed by atoms with van der Waals surface area (Å²) in [6.07, 6.45) is -4.15. The number of halogens is 3. The van der Waals surface area contributed by atoms with Crippen molar-refractivity contribution in [2.75, 3.05) is 44.2 Å². The monoisotopic (exact) mass is 483 g/mol. The van der Waals surface area contributed by atoms with Gasteiger partial charge in [0.2, 0.25) is 0 Å². The molecule has 8 heteroatoms. The topological polar surface area (TPSA) is 44.8 Å². The smallest absolute Gasteiger partial charge is 0.410 e. The fourth-order valence-corrected chi connectivity index (χ4v) is 4.18. The summed E-state index contributed by atoms with van der Waals surface area (Å²) < 4.78 is 45.2. The molecule has 1 aliphatic rings. The molecule has 1 heterocycles. The molecule has 1 saturated heterocycles. The Morgan fingerprint density at radius 1 is 0.829 bits per heavy atom. The van der Waals surface area contributed by atoms with E-state index >= 15 is 0 Å². The van der Waals surface area contributed by atoms with E-state index in [0.29, 0.717) is 38.5 Å². The molecule has 0 radical (unpaired) electrons. The molecule has 35 heavy (non-hydrogen) atoms. The summed E-state index contributed by atoms with van der Waals surface area (Å²) in [5.41, 5.74) is 1.78. The molecule has 0 saturated carbocycles. The van der Waals surface area contributed by atoms with Crippen molar-refractivity contribution < 1.29 is 22.7 Å². The van der Waals surface area contributed by atoms with Gasteiger partial charge in [-0.05, 0) is 48.4 Å². The molecule has 0 unspecified atom stereocenters. The van der Waals surface area contributed by atoms with E-state index in [-0.39, 0.29) is 5.69 Å². The SMILES string of the molecule is O=C(NCCCN1CCN(c2ccccc2C(F)(F)F)CC1)Oc1ccc(-c2ccccc2)cc1. The van der Waals surface area contributed by atoms with Gasteiger partial charge < -0.3 is 15.0 Å². The highest BCUT2D eigenvalue weighted by atomic mass is 19.4. The number of nitrogens with zero attached hydrogens (tertiary/aromatic N) is 2. The van der Waals surface area contributed by atoms with Crippen molar-refractivity contribution in [3.63, 3.8) is 0 Å². The maximum absolute atomic E-state index is 13.3. The van der Waals surface area contributed by atoms with E-state index in [2.05, 4.69) is 10.2 Å². The Balaban J connectivity index is 1.16. The number of rotatable bonds is 7. The molecule has 0 bridgehead atoms. The van der Waals surface area contributed by atoms with Gasteiger partial charge in [0, 0.05) is 38.4 Å². The second kappa shape index (κ2) is 11.3. The zero-order valence-corrected chi connectivity index (χ0v) is 19.3. The van der Waals surface area contributed by atoms with E-state index in [1.54, 1.807) is 23.1 Å². The first kappa shape index (κ1) is 24.6. The molecule has 0 spiro atoms. The van der Waals surface area contributed by atoms with Gasteiger partial charge in [0.25, 0.3) is 0 Å². The highest BCUT2D eigenvalue weighted by molar-refractivity contribution is 5.71. The van der Waals surface area contributed by atoms with Gasteiger partial charge in [-0.2, -0.15) is 13.2 Å². The van der Waals surface area contributed by atoms with Crippen LogP contribution in [0.4, 0.5) is 23.7 Å². The zero-order chi connectivity index (χ0) is 24.7. The van der Waals surface area contributed by atoms with Crippen LogP contribution in [0.1, 0.15) is 12.0 Å². The van der Waals surface area contributed by atoms with Gasteiger partial charge in [-0.15, -0.1) is 0 Å². The molecule has 3 aromatic rings. The van der Waals surface area contributed by atoms with Crippen molar-refractivity contribution in [3.8, 4) is 16.9 Å². The van der Waals surface area contributed by atoms with E-state index in [0.717, 1.165) is 30.2 Å². The Labute approximate surface area is 203 Å². The number of para-hydroxylation sites is 1. The lowest BCUT2D eigenvalue weighted by molar-refractivity contribution is -0.137. The average molecular weight is 484 g/mol. The molecule has 4 rings (SSSR count). The van der Waals surface area contributed by atoms with Crippen molar-refractivity contribution in [3.05, 3.63) is 84.4 Å². The molecule has 5 nitrogen and oxygen atoms in total. The Morgan fingerprint density at radius 2 is 1.46 bits per heavy atom. The normalized spacial score (nSPS) is 14.5. The minimum atomic E-state index is -4.36. The first-order valence-electron chi connectivity index (χ1n) is 11.6. The van der Waals surface area contributed by atoms with Gasteiger partial charge in [-0.25, -0.2) is 4.79 Å². The van der Waals surface area contributed by atoms with E-state index in [1.165, 1.54) is 12.1 Å². The fourth-order valence-electron chi connectivity index (χ4n) is 4.18. The van der Waals surface area contributed by atoms with Crippen LogP contribution >= 0.6 is 0 Å². The van der Waals surface area contributed by atoms with Crippen LogP contribution in [-0.4, -0.2) is 50.3 Å². The number of ether oxygens (including phenoxy) is 1. The number of amides is 1. The Morgan fingerprint density at radius 3 is 2.14 bits per heavy atom. The van der Waals surface area contributed by atoms with Crippen LogP contribution in [-0.2, 0) is 6.18 Å². The summed E-state index contributed by atoms with van der Waals surface area (Å²) in [5.74, 6) is 0.470. The summed E-state index contributed by atoms with van der Waals surface area (Å²) in [4.78, 5) is 16.1. The number of carbonyl (C=O) groups is 1. The minimum absolute atomic E-state index is 0.237. The zero-order valence-electron chi connectivity index (χ0n) is 19.3. The lowest BCUT2D eigenvalue weighted by Gasteiger charge is -2.37. The van der Waals surface area contributed by atoms with Crippen molar-refractivity contribution in [1.82, 2.24) is 10.2 Å². The third kappa shape index (κ3) is 6.76. The van der Waals surface area contributed by atoms with Crippen LogP contribution in [0.15, 0.2) is 78.9 Å². The van der Waals surface area contributed by atoms with Gasteiger partial charge in [0.05, 0.1) is 5.56 Å². The number of nitrogens with one attached hydrogen (secondary N) is 1. The Hall–Kier alpha value is -3.52. The maximum Gasteiger partial charge on any atom is 0.418 e. The van der Waals surface area contributed by atoms with Crippen molar-refractivity contribution >= 4 is 11.8 Å². The molecule has 1 fully saturated rings. The lowest BCUT2D eigenvalue weighted by Crippen LogP contribution is -2.47. The fraction of sp³-hybridized carbons (Fsp3) is 0.296. The van der Waals surface area contributed by atoms with Gasteiger partial charge >= 0.3 is 12.3 Å². The molecule has 1 N–H and O–H groups in total. The predicted molar refractivity (Wildman–Crippen MR) is 131 cm³/mol. The molecule has 0 aromatic heterocycles. The summed E-state index contributed by atoms with van der Waals surface area (Å²) in [5, 5.41) is 2.75. The molecule has 0 aliphatic carbocycles. The number of hydrogen-bond donors (Lipinski definition) is 1. The molecule has 1 amide bonds. The van der Waals surface area contributed by atoms with Crippen LogP contribution in [0.3, 0.4) is 0 Å². The predicted octanol–water partition coefficient (Wildman–Crippen LogP) is 5.67. The largest absolute Gasteiger partial charge is 0.418 e. The van der Waals surface area contributed by atoms with E-state index in [1.807, 2.05) is 42.5 Å². The van der Waals surface area contributed by atoms with E-state index in [9.17, 15) is 18.0 Å². The number of anilines is 1. The van der Waals surface area contributed by atoms with E-state index in [4.69, 9.17) is 4.74 Å². The van der Waals surface area contributed by atoms with Gasteiger partial charge in [0.15, 0.2) is 0 Å². The van der Waals surface area contributed by atoms with Crippen molar-refractivity contribution in [1.29, 1.82) is 0 Å². The van der Waals surface area contributed by atoms with Crippen LogP contribution in [0.25, 0.3) is 11.1 Å². The minimum Gasteiger partial charge on any atom is -0.410 e. The summed E-state index contributed by atoms with van der Waals surface area (Å²) >= 11 is 0. The van der Waals surface area contributed by atoms with Crippen LogP contribution in [0.5, 0.6) is 5.75 Å². The Bertz CT molecular complexity index is 1100. The van der Waals surface area contributed by atoms with Crippen molar-refractivity contribution in [2.45, 2.75) is 12.6 Å². The maximum atomic E-state index is 13.3. The van der Waals surface area contributed by atoms with Crippen molar-refractivity contribution in [2.24, 2.45) is 0 Å². The third-order valence-corrected chi connectivity index (χ3v) is 6.01. The number of benzene rings is 3. The molecule has 184 valence electrons. The van der Waals surface area contributed by atoms with Crippen LogP contribution in [0, 0.1) is 0 Å². The molecule has 3 aromatic carbocycles. The number of piperazine rings is 1. The first-order valence-corrected chi connectivity index (χ1v) is 11.6. The van der Waals surface area contributed by atoms with Crippen LogP contribution in [0.2, 0.25) is 0 Å². The molecular formula is C27H28F3N3O2. The number of hydrogen-bond acceptors (Lipinski definition) is 4. The highest BCUT2D eigenvalue weighted by Crippen LogP contribution is 2.36. The quantitative estimate of drug-likeness (QED) is 0.440. The third-order valence-electron chi connectivity index (χ3n) is 6.01. The lowest BCUT2D eigenvalue weighted by atomic mass is 10.1. The summed E-state index contributed by atoms with van der Waals surface area (Å²) in [7, 11) is 0. The standard InChI is InChI=1S/C27H28F3N3O2/c28-27(29,30)24-9-4-5-10-25(24)33-19-17-32(18-20-33)16-6-15-31-26(34)35-23-13-11-22(12-14-23)21-7-2-1-3-8-21/h1-5,7-14H,6,15-20H2,(H,31,34). The first-order chi connectivity index (χ1) is 16.9. The number of carbonyl (C=O) groups excluding carboxylic acids is 1. The van der Waals surface area contributed by atoms with E-state index < -0.39 is 17.8 Å². The summed E-state index contributed by atoms with van der Waals surface area (Å²) in [6.45, 7) is 3.61.